The van der Waals surface area contributed by atoms with Crippen molar-refractivity contribution >= 4 is 22.6 Å². The van der Waals surface area contributed by atoms with Crippen LogP contribution in [-0.4, -0.2) is 58.9 Å². The van der Waals surface area contributed by atoms with E-state index in [0.29, 0.717) is 12.6 Å². The Morgan fingerprint density at radius 2 is 2.20 bits per heavy atom. The summed E-state index contributed by atoms with van der Waals surface area (Å²) in [6.45, 7) is 6.26. The summed E-state index contributed by atoms with van der Waals surface area (Å²) in [5.74, 6) is 1.02. The van der Waals surface area contributed by atoms with E-state index in [1.54, 1.807) is 0 Å². The van der Waals surface area contributed by atoms with Crippen molar-refractivity contribution in [3.05, 3.63) is 5.82 Å². The fourth-order valence-electron chi connectivity index (χ4n) is 2.44. The van der Waals surface area contributed by atoms with Gasteiger partial charge in [0.1, 0.15) is 5.82 Å². The van der Waals surface area contributed by atoms with Crippen molar-refractivity contribution in [3.63, 3.8) is 0 Å². The van der Waals surface area contributed by atoms with Gasteiger partial charge in [0.25, 0.3) is 0 Å². The molecule has 1 amide bonds. The Morgan fingerprint density at radius 1 is 1.35 bits per heavy atom. The third kappa shape index (κ3) is 3.67. The van der Waals surface area contributed by atoms with E-state index < -0.39 is 0 Å². The number of nitrogens with one attached hydrogen (secondary N) is 1. The summed E-state index contributed by atoms with van der Waals surface area (Å²) in [7, 11) is 0. The first-order valence-electron chi connectivity index (χ1n) is 7.28. The second-order valence-electron chi connectivity index (χ2n) is 5.58. The Bertz CT molecular complexity index is 473. The fraction of sp³-hybridized carbons (Fsp3) is 0.769. The lowest BCUT2D eigenvalue weighted by molar-refractivity contribution is -0.122. The summed E-state index contributed by atoms with van der Waals surface area (Å²) in [5, 5.41) is 4.06. The van der Waals surface area contributed by atoms with Crippen molar-refractivity contribution < 1.29 is 4.79 Å². The number of anilines is 1. The summed E-state index contributed by atoms with van der Waals surface area (Å²) in [4.78, 5) is 20.8. The van der Waals surface area contributed by atoms with Gasteiger partial charge in [0.2, 0.25) is 11.0 Å². The molecule has 1 aliphatic heterocycles. The van der Waals surface area contributed by atoms with Gasteiger partial charge < -0.3 is 10.2 Å². The van der Waals surface area contributed by atoms with Gasteiger partial charge in [-0.2, -0.15) is 4.37 Å². The van der Waals surface area contributed by atoms with Gasteiger partial charge in [0.15, 0.2) is 0 Å². The molecule has 2 aliphatic rings. The zero-order valence-electron chi connectivity index (χ0n) is 11.8. The van der Waals surface area contributed by atoms with Crippen molar-refractivity contribution in [1.29, 1.82) is 0 Å². The minimum atomic E-state index is 0.174. The van der Waals surface area contributed by atoms with Crippen LogP contribution >= 0.6 is 11.5 Å². The number of carbonyl (C=O) groups excluding carboxylic acids is 1. The average Bonchev–Trinajstić information content (AvgIpc) is 3.16. The van der Waals surface area contributed by atoms with E-state index in [4.69, 9.17) is 0 Å². The molecule has 20 heavy (non-hydrogen) atoms. The Morgan fingerprint density at radius 3 is 2.90 bits per heavy atom. The summed E-state index contributed by atoms with van der Waals surface area (Å²) in [5.41, 5.74) is 0. The first kappa shape index (κ1) is 13.8. The van der Waals surface area contributed by atoms with Crippen molar-refractivity contribution in [1.82, 2.24) is 19.6 Å². The largest absolute Gasteiger partial charge is 0.352 e. The molecule has 1 saturated heterocycles. The third-order valence-corrected chi connectivity index (χ3v) is 4.55. The Kier molecular flexibility index (Phi) is 4.16. The summed E-state index contributed by atoms with van der Waals surface area (Å²) < 4.78 is 4.24. The number of aromatic nitrogens is 2. The SMILES string of the molecule is Cc1nsc(N2CCCN(CC(=O)NC3CC3)CC2)n1. The topological polar surface area (TPSA) is 61.4 Å². The van der Waals surface area contributed by atoms with Gasteiger partial charge in [0, 0.05) is 43.8 Å². The number of aryl methyl sites for hydroxylation is 1. The monoisotopic (exact) mass is 295 g/mol. The average molecular weight is 295 g/mol. The Labute approximate surface area is 123 Å². The highest BCUT2D eigenvalue weighted by molar-refractivity contribution is 7.09. The lowest BCUT2D eigenvalue weighted by Crippen LogP contribution is -2.40. The molecule has 0 aromatic carbocycles. The van der Waals surface area contributed by atoms with E-state index in [1.165, 1.54) is 11.5 Å². The van der Waals surface area contributed by atoms with Crippen molar-refractivity contribution in [3.8, 4) is 0 Å². The zero-order chi connectivity index (χ0) is 13.9. The molecule has 110 valence electrons. The van der Waals surface area contributed by atoms with Crippen LogP contribution < -0.4 is 10.2 Å². The Hall–Kier alpha value is -1.21. The third-order valence-electron chi connectivity index (χ3n) is 3.69. The minimum absolute atomic E-state index is 0.174. The predicted octanol–water partition coefficient (Wildman–Crippen LogP) is 0.637. The molecular weight excluding hydrogens is 274 g/mol. The van der Waals surface area contributed by atoms with Crippen molar-refractivity contribution in [2.75, 3.05) is 37.6 Å². The summed E-state index contributed by atoms with van der Waals surface area (Å²) in [6.07, 6.45) is 3.36. The molecule has 0 bridgehead atoms. The standard InChI is InChI=1S/C13H21N5OS/c1-10-14-13(20-16-10)18-6-2-5-17(7-8-18)9-12(19)15-11-3-4-11/h11H,2-9H2,1H3,(H,15,19). The lowest BCUT2D eigenvalue weighted by atomic mass is 10.4. The second-order valence-corrected chi connectivity index (χ2v) is 6.31. The number of rotatable bonds is 4. The molecule has 1 saturated carbocycles. The van der Waals surface area contributed by atoms with Gasteiger partial charge in [-0.25, -0.2) is 4.98 Å². The van der Waals surface area contributed by atoms with Crippen molar-refractivity contribution in [2.24, 2.45) is 0 Å². The highest BCUT2D eigenvalue weighted by Gasteiger charge is 2.25. The fourth-order valence-corrected chi connectivity index (χ4v) is 3.16. The van der Waals surface area contributed by atoms with Gasteiger partial charge in [-0.3, -0.25) is 9.69 Å². The molecule has 0 radical (unpaired) electrons. The molecule has 0 atom stereocenters. The second kappa shape index (κ2) is 6.05. The normalized spacial score (nSPS) is 20.8. The molecular formula is C13H21N5OS. The maximum Gasteiger partial charge on any atom is 0.234 e. The first-order valence-corrected chi connectivity index (χ1v) is 8.05. The molecule has 1 aromatic rings. The van der Waals surface area contributed by atoms with E-state index >= 15 is 0 Å². The highest BCUT2D eigenvalue weighted by atomic mass is 32.1. The zero-order valence-corrected chi connectivity index (χ0v) is 12.7. The molecule has 6 nitrogen and oxygen atoms in total. The molecule has 1 N–H and O–H groups in total. The summed E-state index contributed by atoms with van der Waals surface area (Å²) in [6, 6.07) is 0.454. The smallest absolute Gasteiger partial charge is 0.234 e. The molecule has 0 unspecified atom stereocenters. The van der Waals surface area contributed by atoms with Gasteiger partial charge in [-0.1, -0.05) is 0 Å². The van der Waals surface area contributed by atoms with Gasteiger partial charge in [0.05, 0.1) is 6.54 Å². The van der Waals surface area contributed by atoms with E-state index in [0.717, 1.165) is 56.4 Å². The number of hydrogen-bond donors (Lipinski definition) is 1. The van der Waals surface area contributed by atoms with Crippen LogP contribution in [0.5, 0.6) is 0 Å². The first-order chi connectivity index (χ1) is 9.70. The van der Waals surface area contributed by atoms with Crippen LogP contribution in [0.2, 0.25) is 0 Å². The van der Waals surface area contributed by atoms with Crippen LogP contribution in [0.15, 0.2) is 0 Å². The quantitative estimate of drug-likeness (QED) is 0.883. The highest BCUT2D eigenvalue weighted by Crippen LogP contribution is 2.19. The maximum absolute atomic E-state index is 11.8. The van der Waals surface area contributed by atoms with E-state index in [-0.39, 0.29) is 5.91 Å². The van der Waals surface area contributed by atoms with Gasteiger partial charge in [-0.05, 0) is 26.2 Å². The molecule has 0 spiro atoms. The molecule has 2 heterocycles. The summed E-state index contributed by atoms with van der Waals surface area (Å²) >= 11 is 1.46. The lowest BCUT2D eigenvalue weighted by Gasteiger charge is -2.20. The molecule has 3 rings (SSSR count). The number of carbonyl (C=O) groups is 1. The molecule has 1 aliphatic carbocycles. The minimum Gasteiger partial charge on any atom is -0.352 e. The van der Waals surface area contributed by atoms with Gasteiger partial charge in [-0.15, -0.1) is 0 Å². The maximum atomic E-state index is 11.8. The van der Waals surface area contributed by atoms with Crippen LogP contribution in [0.4, 0.5) is 5.13 Å². The van der Waals surface area contributed by atoms with Crippen LogP contribution in [-0.2, 0) is 4.79 Å². The van der Waals surface area contributed by atoms with E-state index in [1.807, 2.05) is 6.92 Å². The molecule has 1 aromatic heterocycles. The Balaban J connectivity index is 1.49. The number of amides is 1. The van der Waals surface area contributed by atoms with E-state index in [2.05, 4.69) is 24.5 Å². The van der Waals surface area contributed by atoms with E-state index in [9.17, 15) is 4.79 Å². The van der Waals surface area contributed by atoms with Crippen LogP contribution in [0.3, 0.4) is 0 Å². The van der Waals surface area contributed by atoms with Gasteiger partial charge >= 0.3 is 0 Å². The molecule has 2 fully saturated rings. The van der Waals surface area contributed by atoms with Crippen LogP contribution in [0.1, 0.15) is 25.1 Å². The van der Waals surface area contributed by atoms with Crippen LogP contribution in [0.25, 0.3) is 0 Å². The molecule has 7 heteroatoms. The number of hydrogen-bond acceptors (Lipinski definition) is 6. The van der Waals surface area contributed by atoms with Crippen molar-refractivity contribution in [2.45, 2.75) is 32.2 Å². The predicted molar refractivity (Wildman–Crippen MR) is 79.1 cm³/mol. The van der Waals surface area contributed by atoms with Crippen LogP contribution in [0, 0.1) is 6.92 Å². The number of nitrogens with zero attached hydrogens (tertiary/aromatic N) is 4.